The minimum absolute atomic E-state index is 0.0662. The molecule has 4 aromatic carbocycles. The predicted octanol–water partition coefficient (Wildman–Crippen LogP) is 5.55. The van der Waals surface area contributed by atoms with Crippen molar-refractivity contribution in [3.05, 3.63) is 112 Å². The van der Waals surface area contributed by atoms with E-state index >= 15 is 0 Å². The van der Waals surface area contributed by atoms with Crippen LogP contribution in [0, 0.1) is 5.82 Å². The maximum absolute atomic E-state index is 13.7. The first kappa shape index (κ1) is 27.2. The summed E-state index contributed by atoms with van der Waals surface area (Å²) < 4.78 is 37.3. The smallest absolute Gasteiger partial charge is 0.308 e. The van der Waals surface area contributed by atoms with Crippen molar-refractivity contribution in [2.24, 2.45) is 10.1 Å². The van der Waals surface area contributed by atoms with E-state index in [1.165, 1.54) is 36.4 Å². The largest absolute Gasteiger partial charge is 0.323 e. The molecule has 1 heterocycles. The lowest BCUT2D eigenvalue weighted by Gasteiger charge is -2.17. The monoisotopic (exact) mass is 621 g/mol. The van der Waals surface area contributed by atoms with Crippen molar-refractivity contribution in [1.82, 2.24) is 0 Å². The second kappa shape index (κ2) is 11.0. The van der Waals surface area contributed by atoms with Gasteiger partial charge in [0.25, 0.3) is 5.91 Å². The van der Waals surface area contributed by atoms with Crippen molar-refractivity contribution in [1.29, 1.82) is 0 Å². The Morgan fingerprint density at radius 3 is 2.20 bits per heavy atom. The van der Waals surface area contributed by atoms with Gasteiger partial charge < -0.3 is 15.5 Å². The molecule has 0 bridgehead atoms. The molecule has 3 amide bonds. The molecule has 0 fully saturated rings. The lowest BCUT2D eigenvalue weighted by atomic mass is 10.1. The standard InChI is InChI=1S/C28H21BrFN5O4S/c29-18-4-13-25-24(15-18)26(27(36)35(25)16-17-2-1-3-19(30)14-17)32-20-5-7-21(8-6-20)33-28(37)34-22-9-11-23(12-10-22)40(31,38)39/h1-15H,16H2,(H2,31,38,39)(H2,33,34,37). The summed E-state index contributed by atoms with van der Waals surface area (Å²) in [5.74, 6) is -0.691. The van der Waals surface area contributed by atoms with Crippen LogP contribution in [-0.4, -0.2) is 26.1 Å². The third kappa shape index (κ3) is 6.09. The van der Waals surface area contributed by atoms with Gasteiger partial charge in [-0.05, 0) is 84.4 Å². The lowest BCUT2D eigenvalue weighted by Crippen LogP contribution is -2.29. The minimum Gasteiger partial charge on any atom is -0.308 e. The van der Waals surface area contributed by atoms with Crippen LogP contribution >= 0.6 is 15.9 Å². The number of urea groups is 1. The van der Waals surface area contributed by atoms with Crippen LogP contribution in [0.2, 0.25) is 0 Å². The number of hydrogen-bond donors (Lipinski definition) is 3. The van der Waals surface area contributed by atoms with Crippen LogP contribution in [0.5, 0.6) is 0 Å². The van der Waals surface area contributed by atoms with Gasteiger partial charge in [0.05, 0.1) is 22.8 Å². The van der Waals surface area contributed by atoms with E-state index in [1.807, 2.05) is 18.2 Å². The van der Waals surface area contributed by atoms with E-state index in [2.05, 4.69) is 31.6 Å². The van der Waals surface area contributed by atoms with E-state index in [9.17, 15) is 22.4 Å². The molecular formula is C28H21BrFN5O4S. The molecule has 0 radical (unpaired) electrons. The zero-order chi connectivity index (χ0) is 28.4. The van der Waals surface area contributed by atoms with E-state index < -0.39 is 16.1 Å². The average molecular weight is 622 g/mol. The number of anilines is 3. The number of sulfonamides is 1. The molecule has 1 aliphatic heterocycles. The molecule has 40 heavy (non-hydrogen) atoms. The predicted molar refractivity (Wildman–Crippen MR) is 155 cm³/mol. The molecule has 0 aromatic heterocycles. The molecule has 0 aliphatic carbocycles. The van der Waals surface area contributed by atoms with Crippen LogP contribution in [0.3, 0.4) is 0 Å². The average Bonchev–Trinajstić information content (AvgIpc) is 3.14. The third-order valence-corrected chi connectivity index (χ3v) is 7.41. The Morgan fingerprint density at radius 1 is 0.925 bits per heavy atom. The molecule has 202 valence electrons. The number of carbonyl (C=O) groups excluding carboxylic acids is 2. The summed E-state index contributed by atoms with van der Waals surface area (Å²) in [7, 11) is -3.83. The summed E-state index contributed by atoms with van der Waals surface area (Å²) in [5.41, 5.74) is 3.55. The van der Waals surface area contributed by atoms with Crippen LogP contribution < -0.4 is 20.7 Å². The molecule has 0 saturated heterocycles. The number of nitrogens with zero attached hydrogens (tertiary/aromatic N) is 2. The van der Waals surface area contributed by atoms with Crippen LogP contribution in [0.25, 0.3) is 0 Å². The number of amides is 3. The molecule has 5 rings (SSSR count). The molecule has 0 unspecified atom stereocenters. The highest BCUT2D eigenvalue weighted by atomic mass is 79.9. The van der Waals surface area contributed by atoms with E-state index in [-0.39, 0.29) is 28.9 Å². The van der Waals surface area contributed by atoms with E-state index in [1.54, 1.807) is 41.3 Å². The normalized spacial score (nSPS) is 13.8. The van der Waals surface area contributed by atoms with Crippen molar-refractivity contribution >= 4 is 66.4 Å². The molecule has 4 N–H and O–H groups in total. The van der Waals surface area contributed by atoms with E-state index in [0.717, 1.165) is 4.47 Å². The van der Waals surface area contributed by atoms with E-state index in [4.69, 9.17) is 5.14 Å². The fourth-order valence-electron chi connectivity index (χ4n) is 4.14. The van der Waals surface area contributed by atoms with Gasteiger partial charge in [-0.3, -0.25) is 4.79 Å². The Morgan fingerprint density at radius 2 is 1.57 bits per heavy atom. The number of fused-ring (bicyclic) bond motifs is 1. The summed E-state index contributed by atoms with van der Waals surface area (Å²) in [4.78, 5) is 31.9. The Kier molecular flexibility index (Phi) is 7.48. The first-order chi connectivity index (χ1) is 19.1. The first-order valence-electron chi connectivity index (χ1n) is 11.8. The van der Waals surface area contributed by atoms with Gasteiger partial charge in [0.15, 0.2) is 0 Å². The number of primary sulfonamides is 1. The molecule has 9 nitrogen and oxygen atoms in total. The maximum Gasteiger partial charge on any atom is 0.323 e. The first-order valence-corrected chi connectivity index (χ1v) is 14.2. The van der Waals surface area contributed by atoms with E-state index in [0.29, 0.717) is 33.9 Å². The van der Waals surface area contributed by atoms with Crippen molar-refractivity contribution in [2.45, 2.75) is 11.4 Å². The van der Waals surface area contributed by atoms with Gasteiger partial charge in [0.2, 0.25) is 10.0 Å². The highest BCUT2D eigenvalue weighted by molar-refractivity contribution is 9.10. The zero-order valence-electron chi connectivity index (χ0n) is 20.6. The number of hydrogen-bond acceptors (Lipinski definition) is 5. The van der Waals surface area contributed by atoms with Crippen molar-refractivity contribution in [2.75, 3.05) is 15.5 Å². The van der Waals surface area contributed by atoms with Gasteiger partial charge >= 0.3 is 6.03 Å². The fraction of sp³-hybridized carbons (Fsp3) is 0.0357. The van der Waals surface area contributed by atoms with Gasteiger partial charge in [0.1, 0.15) is 11.5 Å². The SMILES string of the molecule is NS(=O)(=O)c1ccc(NC(=O)Nc2ccc(N=C3C(=O)N(Cc4cccc(F)c4)c4ccc(Br)cc43)cc2)cc1. The van der Waals surface area contributed by atoms with Crippen molar-refractivity contribution in [3.63, 3.8) is 0 Å². The highest BCUT2D eigenvalue weighted by Gasteiger charge is 2.34. The van der Waals surface area contributed by atoms with Gasteiger partial charge in [-0.2, -0.15) is 0 Å². The van der Waals surface area contributed by atoms with Crippen molar-refractivity contribution < 1.29 is 22.4 Å². The Balaban J connectivity index is 1.31. The molecule has 0 spiro atoms. The van der Waals surface area contributed by atoms with Gasteiger partial charge in [-0.1, -0.05) is 28.1 Å². The fourth-order valence-corrected chi connectivity index (χ4v) is 5.01. The number of nitrogens with two attached hydrogens (primary N) is 1. The summed E-state index contributed by atoms with van der Waals surface area (Å²) in [6.07, 6.45) is 0. The summed E-state index contributed by atoms with van der Waals surface area (Å²) in [6.45, 7) is 0.187. The number of rotatable bonds is 6. The minimum atomic E-state index is -3.83. The number of halogens is 2. The molecular weight excluding hydrogens is 601 g/mol. The molecule has 12 heteroatoms. The third-order valence-electron chi connectivity index (χ3n) is 5.99. The molecule has 0 atom stereocenters. The number of nitrogens with one attached hydrogen (secondary N) is 2. The lowest BCUT2D eigenvalue weighted by molar-refractivity contribution is -0.112. The second-order valence-electron chi connectivity index (χ2n) is 8.84. The number of benzene rings is 4. The topological polar surface area (TPSA) is 134 Å². The summed E-state index contributed by atoms with van der Waals surface area (Å²) in [6, 6.07) is 23.0. The van der Waals surface area contributed by atoms with Crippen LogP contribution in [0.15, 0.2) is 105 Å². The quantitative estimate of drug-likeness (QED) is 0.260. The molecule has 1 aliphatic rings. The van der Waals surface area contributed by atoms with Crippen LogP contribution in [0.4, 0.5) is 31.9 Å². The number of aliphatic imine (C=N–C) groups is 1. The summed E-state index contributed by atoms with van der Waals surface area (Å²) >= 11 is 3.45. The Bertz CT molecular complexity index is 1760. The molecule has 0 saturated carbocycles. The van der Waals surface area contributed by atoms with Crippen molar-refractivity contribution in [3.8, 4) is 0 Å². The Labute approximate surface area is 237 Å². The second-order valence-corrected chi connectivity index (χ2v) is 11.3. The maximum atomic E-state index is 13.7. The highest BCUT2D eigenvalue weighted by Crippen LogP contribution is 2.34. The van der Waals surface area contributed by atoms with Gasteiger partial charge in [-0.25, -0.2) is 27.7 Å². The molecule has 4 aromatic rings. The van der Waals surface area contributed by atoms with Gasteiger partial charge in [0, 0.05) is 21.4 Å². The number of carbonyl (C=O) groups is 2. The van der Waals surface area contributed by atoms with Crippen LogP contribution in [-0.2, 0) is 21.4 Å². The summed E-state index contributed by atoms with van der Waals surface area (Å²) in [5, 5.41) is 10.4. The van der Waals surface area contributed by atoms with Crippen LogP contribution in [0.1, 0.15) is 11.1 Å². The van der Waals surface area contributed by atoms with Gasteiger partial charge in [-0.15, -0.1) is 0 Å². The zero-order valence-corrected chi connectivity index (χ0v) is 23.0. The Hall–Kier alpha value is -4.39.